The highest BCUT2D eigenvalue weighted by Gasteiger charge is 2.17. The van der Waals surface area contributed by atoms with E-state index in [1.807, 2.05) is 0 Å². The fourth-order valence-corrected chi connectivity index (χ4v) is 2.36. The van der Waals surface area contributed by atoms with E-state index in [9.17, 15) is 14.4 Å². The molecule has 0 heterocycles. The zero-order valence-corrected chi connectivity index (χ0v) is 15.3. The molecule has 142 valence electrons. The third kappa shape index (κ3) is 4.55. The summed E-state index contributed by atoms with van der Waals surface area (Å²) in [5, 5.41) is 2.63. The molecule has 0 spiro atoms. The first-order valence-corrected chi connectivity index (χ1v) is 7.78. The van der Waals surface area contributed by atoms with E-state index in [0.717, 1.165) is 0 Å². The first-order chi connectivity index (χ1) is 12.9. The topological polar surface area (TPSA) is 100 Å². The van der Waals surface area contributed by atoms with Crippen LogP contribution in [0.5, 0.6) is 11.5 Å². The van der Waals surface area contributed by atoms with Gasteiger partial charge in [0.25, 0.3) is 5.91 Å². The molecule has 2 aromatic carbocycles. The SMILES string of the molecule is COC(=O)c1cc(NC(=O)c2ccc(OC)cc2OC)cc(C(=O)OC)c1. The number of carbonyl (C=O) groups excluding carboxylic acids is 3. The Morgan fingerprint density at radius 1 is 0.778 bits per heavy atom. The lowest BCUT2D eigenvalue weighted by molar-refractivity contribution is 0.0599. The Labute approximate surface area is 156 Å². The summed E-state index contributed by atoms with van der Waals surface area (Å²) in [6.07, 6.45) is 0. The van der Waals surface area contributed by atoms with E-state index in [0.29, 0.717) is 11.5 Å². The van der Waals surface area contributed by atoms with Gasteiger partial charge in [0.1, 0.15) is 11.5 Å². The Hall–Kier alpha value is -3.55. The molecule has 0 bridgehead atoms. The largest absolute Gasteiger partial charge is 0.497 e. The average molecular weight is 373 g/mol. The van der Waals surface area contributed by atoms with Crippen LogP contribution in [0.1, 0.15) is 31.1 Å². The van der Waals surface area contributed by atoms with Crippen LogP contribution in [0.3, 0.4) is 0 Å². The Bertz CT molecular complexity index is 842. The van der Waals surface area contributed by atoms with Crippen LogP contribution in [0, 0.1) is 0 Å². The van der Waals surface area contributed by atoms with Crippen LogP contribution in [0.15, 0.2) is 36.4 Å². The Balaban J connectivity index is 2.39. The average Bonchev–Trinajstić information content (AvgIpc) is 2.71. The Kier molecular flexibility index (Phi) is 6.37. The second-order valence-corrected chi connectivity index (χ2v) is 5.30. The molecule has 0 saturated heterocycles. The van der Waals surface area contributed by atoms with E-state index in [2.05, 4.69) is 14.8 Å². The number of methoxy groups -OCH3 is 4. The van der Waals surface area contributed by atoms with E-state index in [1.54, 1.807) is 18.2 Å². The molecule has 0 radical (unpaired) electrons. The summed E-state index contributed by atoms with van der Waals surface area (Å²) in [4.78, 5) is 36.3. The molecule has 0 fully saturated rings. The molecule has 0 aliphatic rings. The van der Waals surface area contributed by atoms with Crippen molar-refractivity contribution >= 4 is 23.5 Å². The minimum absolute atomic E-state index is 0.0948. The fourth-order valence-electron chi connectivity index (χ4n) is 2.36. The highest BCUT2D eigenvalue weighted by Crippen LogP contribution is 2.26. The van der Waals surface area contributed by atoms with E-state index < -0.39 is 17.8 Å². The molecule has 2 aromatic rings. The maximum absolute atomic E-state index is 12.6. The monoisotopic (exact) mass is 373 g/mol. The molecule has 0 saturated carbocycles. The minimum atomic E-state index is -0.654. The third-order valence-corrected chi connectivity index (χ3v) is 3.69. The summed E-state index contributed by atoms with van der Waals surface area (Å²) in [5.41, 5.74) is 0.664. The molecule has 27 heavy (non-hydrogen) atoms. The predicted octanol–water partition coefficient (Wildman–Crippen LogP) is 2.53. The first-order valence-electron chi connectivity index (χ1n) is 7.78. The molecule has 2 rings (SSSR count). The van der Waals surface area contributed by atoms with Crippen molar-refractivity contribution in [3.05, 3.63) is 53.1 Å². The first kappa shape index (κ1) is 19.8. The van der Waals surface area contributed by atoms with Crippen LogP contribution in [-0.2, 0) is 9.47 Å². The van der Waals surface area contributed by atoms with Crippen molar-refractivity contribution < 1.29 is 33.3 Å². The van der Waals surface area contributed by atoms with Gasteiger partial charge in [-0.15, -0.1) is 0 Å². The summed E-state index contributed by atoms with van der Waals surface area (Å²) in [7, 11) is 5.36. The van der Waals surface area contributed by atoms with Gasteiger partial charge in [0.2, 0.25) is 0 Å². The van der Waals surface area contributed by atoms with Crippen molar-refractivity contribution in [2.24, 2.45) is 0 Å². The van der Waals surface area contributed by atoms with Gasteiger partial charge in [-0.2, -0.15) is 0 Å². The van der Waals surface area contributed by atoms with Crippen LogP contribution in [0.25, 0.3) is 0 Å². The lowest BCUT2D eigenvalue weighted by Gasteiger charge is -2.12. The maximum atomic E-state index is 12.6. The Morgan fingerprint density at radius 2 is 1.37 bits per heavy atom. The summed E-state index contributed by atoms with van der Waals surface area (Å²) < 4.78 is 19.7. The second kappa shape index (κ2) is 8.70. The molecule has 0 aromatic heterocycles. The van der Waals surface area contributed by atoms with E-state index >= 15 is 0 Å². The van der Waals surface area contributed by atoms with Crippen molar-refractivity contribution in [1.82, 2.24) is 0 Å². The maximum Gasteiger partial charge on any atom is 0.337 e. The Morgan fingerprint density at radius 3 is 1.85 bits per heavy atom. The number of esters is 2. The van der Waals surface area contributed by atoms with Crippen LogP contribution < -0.4 is 14.8 Å². The normalized spacial score (nSPS) is 9.93. The number of carbonyl (C=O) groups is 3. The fraction of sp³-hybridized carbons (Fsp3) is 0.211. The van der Waals surface area contributed by atoms with Crippen molar-refractivity contribution in [3.63, 3.8) is 0 Å². The van der Waals surface area contributed by atoms with E-state index in [-0.39, 0.29) is 22.4 Å². The summed E-state index contributed by atoms with van der Waals surface area (Å²) in [6, 6.07) is 8.83. The quantitative estimate of drug-likeness (QED) is 0.777. The number of anilines is 1. The van der Waals surface area contributed by atoms with Crippen LogP contribution >= 0.6 is 0 Å². The second-order valence-electron chi connectivity index (χ2n) is 5.30. The van der Waals surface area contributed by atoms with Gasteiger partial charge in [-0.3, -0.25) is 4.79 Å². The van der Waals surface area contributed by atoms with Gasteiger partial charge in [-0.25, -0.2) is 9.59 Å². The van der Waals surface area contributed by atoms with Gasteiger partial charge in [0.15, 0.2) is 0 Å². The molecule has 8 nitrogen and oxygen atoms in total. The van der Waals surface area contributed by atoms with Crippen LogP contribution in [0.2, 0.25) is 0 Å². The minimum Gasteiger partial charge on any atom is -0.497 e. The smallest absolute Gasteiger partial charge is 0.337 e. The molecular weight excluding hydrogens is 354 g/mol. The molecule has 8 heteroatoms. The summed E-state index contributed by atoms with van der Waals surface area (Å²) in [5.74, 6) is -0.961. The number of amides is 1. The summed E-state index contributed by atoms with van der Waals surface area (Å²) in [6.45, 7) is 0. The standard InChI is InChI=1S/C19H19NO7/c1-24-14-5-6-15(16(10-14)25-2)17(21)20-13-8-11(18(22)26-3)7-12(9-13)19(23)27-4/h5-10H,1-4H3,(H,20,21). The molecule has 0 atom stereocenters. The molecule has 0 unspecified atom stereocenters. The number of hydrogen-bond donors (Lipinski definition) is 1. The van der Waals surface area contributed by atoms with Crippen LogP contribution in [-0.4, -0.2) is 46.3 Å². The zero-order valence-electron chi connectivity index (χ0n) is 15.3. The number of ether oxygens (including phenoxy) is 4. The van der Waals surface area contributed by atoms with Gasteiger partial charge in [-0.05, 0) is 30.3 Å². The van der Waals surface area contributed by atoms with Crippen molar-refractivity contribution in [2.75, 3.05) is 33.8 Å². The lowest BCUT2D eigenvalue weighted by Crippen LogP contribution is -2.15. The van der Waals surface area contributed by atoms with E-state index in [4.69, 9.17) is 9.47 Å². The predicted molar refractivity (Wildman–Crippen MR) is 96.6 cm³/mol. The van der Waals surface area contributed by atoms with Gasteiger partial charge in [0, 0.05) is 11.8 Å². The van der Waals surface area contributed by atoms with Crippen LogP contribution in [0.4, 0.5) is 5.69 Å². The number of nitrogens with one attached hydrogen (secondary N) is 1. The van der Waals surface area contributed by atoms with Crippen molar-refractivity contribution in [2.45, 2.75) is 0 Å². The van der Waals surface area contributed by atoms with Crippen molar-refractivity contribution in [3.8, 4) is 11.5 Å². The number of hydrogen-bond acceptors (Lipinski definition) is 7. The molecule has 1 N–H and O–H groups in total. The lowest BCUT2D eigenvalue weighted by atomic mass is 10.1. The molecule has 0 aliphatic carbocycles. The zero-order chi connectivity index (χ0) is 20.0. The van der Waals surface area contributed by atoms with Gasteiger partial charge < -0.3 is 24.3 Å². The van der Waals surface area contributed by atoms with Crippen molar-refractivity contribution in [1.29, 1.82) is 0 Å². The molecular formula is C19H19NO7. The molecule has 1 amide bonds. The highest BCUT2D eigenvalue weighted by molar-refractivity contribution is 6.07. The third-order valence-electron chi connectivity index (χ3n) is 3.69. The van der Waals surface area contributed by atoms with E-state index in [1.165, 1.54) is 46.6 Å². The van der Waals surface area contributed by atoms with Gasteiger partial charge in [0.05, 0.1) is 45.1 Å². The summed E-state index contributed by atoms with van der Waals surface area (Å²) >= 11 is 0. The highest BCUT2D eigenvalue weighted by atomic mass is 16.5. The molecule has 0 aliphatic heterocycles. The van der Waals surface area contributed by atoms with Gasteiger partial charge >= 0.3 is 11.9 Å². The number of benzene rings is 2. The number of rotatable bonds is 6. The van der Waals surface area contributed by atoms with Gasteiger partial charge in [-0.1, -0.05) is 0 Å².